The summed E-state index contributed by atoms with van der Waals surface area (Å²) in [6.45, 7) is 4.95. The summed E-state index contributed by atoms with van der Waals surface area (Å²) < 4.78 is 0. The second-order valence-electron chi connectivity index (χ2n) is 3.61. The first kappa shape index (κ1) is 11.9. The average molecular weight is 249 g/mol. The number of nitrogens with one attached hydrogen (secondary N) is 2. The molecule has 0 aliphatic heterocycles. The number of aromatic nitrogens is 4. The molecule has 90 valence electrons. The SMILES string of the molecule is CCCNc1cc(Sc2n[nH]c(C)n2)ccn1. The Bertz CT molecular complexity index is 482. The largest absolute Gasteiger partial charge is 0.370 e. The van der Waals surface area contributed by atoms with Crippen molar-refractivity contribution in [1.29, 1.82) is 0 Å². The van der Waals surface area contributed by atoms with Gasteiger partial charge in [0, 0.05) is 17.6 Å². The van der Waals surface area contributed by atoms with Gasteiger partial charge in [-0.25, -0.2) is 9.97 Å². The van der Waals surface area contributed by atoms with Gasteiger partial charge in [-0.3, -0.25) is 5.10 Å². The molecule has 0 unspecified atom stereocenters. The summed E-state index contributed by atoms with van der Waals surface area (Å²) >= 11 is 1.52. The molecule has 0 spiro atoms. The van der Waals surface area contributed by atoms with Crippen LogP contribution in [-0.2, 0) is 0 Å². The highest BCUT2D eigenvalue weighted by molar-refractivity contribution is 7.99. The number of hydrogen-bond donors (Lipinski definition) is 2. The molecule has 2 aromatic rings. The Morgan fingerprint density at radius 3 is 3.06 bits per heavy atom. The van der Waals surface area contributed by atoms with Gasteiger partial charge >= 0.3 is 0 Å². The minimum absolute atomic E-state index is 0.732. The number of pyridine rings is 1. The minimum atomic E-state index is 0.732. The first-order valence-electron chi connectivity index (χ1n) is 5.54. The Morgan fingerprint density at radius 2 is 2.35 bits per heavy atom. The van der Waals surface area contributed by atoms with Gasteiger partial charge in [-0.1, -0.05) is 6.92 Å². The summed E-state index contributed by atoms with van der Waals surface area (Å²) in [6.07, 6.45) is 2.87. The molecule has 0 saturated carbocycles. The highest BCUT2D eigenvalue weighted by atomic mass is 32.2. The van der Waals surface area contributed by atoms with Gasteiger partial charge < -0.3 is 5.32 Å². The van der Waals surface area contributed by atoms with Gasteiger partial charge in [-0.15, -0.1) is 5.10 Å². The van der Waals surface area contributed by atoms with Crippen molar-refractivity contribution in [2.45, 2.75) is 30.3 Å². The summed E-state index contributed by atoms with van der Waals surface area (Å²) in [5.74, 6) is 1.72. The van der Waals surface area contributed by atoms with E-state index in [9.17, 15) is 0 Å². The zero-order chi connectivity index (χ0) is 12.1. The van der Waals surface area contributed by atoms with Crippen molar-refractivity contribution >= 4 is 17.6 Å². The highest BCUT2D eigenvalue weighted by Crippen LogP contribution is 2.25. The van der Waals surface area contributed by atoms with Crippen molar-refractivity contribution in [3.8, 4) is 0 Å². The van der Waals surface area contributed by atoms with Crippen LogP contribution in [0.5, 0.6) is 0 Å². The maximum Gasteiger partial charge on any atom is 0.213 e. The van der Waals surface area contributed by atoms with Crippen LogP contribution in [0.1, 0.15) is 19.2 Å². The number of rotatable bonds is 5. The zero-order valence-electron chi connectivity index (χ0n) is 9.90. The molecule has 0 aliphatic carbocycles. The van der Waals surface area contributed by atoms with Gasteiger partial charge in [0.2, 0.25) is 5.16 Å². The molecule has 0 fully saturated rings. The molecule has 0 aliphatic rings. The Hall–Kier alpha value is -1.56. The molecule has 0 bridgehead atoms. The van der Waals surface area contributed by atoms with Gasteiger partial charge in [0.15, 0.2) is 0 Å². The van der Waals surface area contributed by atoms with Crippen LogP contribution in [0.2, 0.25) is 0 Å². The molecule has 2 aromatic heterocycles. The molecule has 17 heavy (non-hydrogen) atoms. The molecular formula is C11H15N5S. The van der Waals surface area contributed by atoms with E-state index in [1.54, 1.807) is 6.20 Å². The first-order chi connectivity index (χ1) is 8.28. The fourth-order valence-corrected chi connectivity index (χ4v) is 2.08. The van der Waals surface area contributed by atoms with Crippen LogP contribution in [0.3, 0.4) is 0 Å². The third kappa shape index (κ3) is 3.45. The van der Waals surface area contributed by atoms with E-state index in [0.29, 0.717) is 0 Å². The zero-order valence-corrected chi connectivity index (χ0v) is 10.7. The fraction of sp³-hybridized carbons (Fsp3) is 0.364. The quantitative estimate of drug-likeness (QED) is 0.852. The lowest BCUT2D eigenvalue weighted by molar-refractivity contribution is 0.963. The van der Waals surface area contributed by atoms with Gasteiger partial charge in [0.25, 0.3) is 0 Å². The lowest BCUT2D eigenvalue weighted by Gasteiger charge is -2.04. The standard InChI is InChI=1S/C11H15N5S/c1-3-5-12-10-7-9(4-6-13-10)17-11-14-8(2)15-16-11/h4,6-7H,3,5H2,1-2H3,(H,12,13)(H,14,15,16). The molecule has 5 nitrogen and oxygen atoms in total. The Morgan fingerprint density at radius 1 is 1.47 bits per heavy atom. The Kier molecular flexibility index (Phi) is 3.98. The normalized spacial score (nSPS) is 10.5. The van der Waals surface area contributed by atoms with Crippen LogP contribution in [0.4, 0.5) is 5.82 Å². The topological polar surface area (TPSA) is 66.5 Å². The van der Waals surface area contributed by atoms with Crippen molar-refractivity contribution in [1.82, 2.24) is 20.2 Å². The van der Waals surface area contributed by atoms with Crippen LogP contribution in [0, 0.1) is 6.92 Å². The number of aryl methyl sites for hydroxylation is 1. The summed E-state index contributed by atoms with van der Waals surface area (Å²) in [7, 11) is 0. The second kappa shape index (κ2) is 5.67. The molecule has 6 heteroatoms. The van der Waals surface area contributed by atoms with Crippen molar-refractivity contribution in [3.05, 3.63) is 24.2 Å². The molecule has 0 amide bonds. The van der Waals surface area contributed by atoms with Gasteiger partial charge in [-0.2, -0.15) is 0 Å². The van der Waals surface area contributed by atoms with Crippen LogP contribution in [0.25, 0.3) is 0 Å². The van der Waals surface area contributed by atoms with Gasteiger partial charge in [0.1, 0.15) is 11.6 Å². The minimum Gasteiger partial charge on any atom is -0.370 e. The number of hydrogen-bond acceptors (Lipinski definition) is 5. The van der Waals surface area contributed by atoms with Gasteiger partial charge in [-0.05, 0) is 37.2 Å². The molecule has 2 N–H and O–H groups in total. The van der Waals surface area contributed by atoms with E-state index < -0.39 is 0 Å². The van der Waals surface area contributed by atoms with Crippen LogP contribution in [-0.4, -0.2) is 26.7 Å². The predicted molar refractivity (Wildman–Crippen MR) is 68.3 cm³/mol. The molecule has 0 saturated heterocycles. The molecule has 0 radical (unpaired) electrons. The van der Waals surface area contributed by atoms with Crippen LogP contribution >= 0.6 is 11.8 Å². The van der Waals surface area contributed by atoms with Gasteiger partial charge in [0.05, 0.1) is 0 Å². The van der Waals surface area contributed by atoms with E-state index >= 15 is 0 Å². The third-order valence-electron chi connectivity index (χ3n) is 2.07. The number of anilines is 1. The molecule has 2 rings (SSSR count). The third-order valence-corrected chi connectivity index (χ3v) is 2.93. The highest BCUT2D eigenvalue weighted by Gasteiger charge is 2.03. The van der Waals surface area contributed by atoms with Crippen LogP contribution in [0.15, 0.2) is 28.4 Å². The van der Waals surface area contributed by atoms with Crippen LogP contribution < -0.4 is 5.32 Å². The fourth-order valence-electron chi connectivity index (χ4n) is 1.30. The molecule has 0 aromatic carbocycles. The Balaban J connectivity index is 2.05. The maximum atomic E-state index is 4.25. The summed E-state index contributed by atoms with van der Waals surface area (Å²) in [5.41, 5.74) is 0. The number of aromatic amines is 1. The predicted octanol–water partition coefficient (Wildman–Crippen LogP) is 2.48. The van der Waals surface area contributed by atoms with E-state index in [4.69, 9.17) is 0 Å². The van der Waals surface area contributed by atoms with E-state index in [2.05, 4.69) is 32.4 Å². The van der Waals surface area contributed by atoms with Crippen molar-refractivity contribution in [3.63, 3.8) is 0 Å². The van der Waals surface area contributed by atoms with Crippen molar-refractivity contribution in [2.75, 3.05) is 11.9 Å². The van der Waals surface area contributed by atoms with E-state index in [1.165, 1.54) is 11.8 Å². The smallest absolute Gasteiger partial charge is 0.213 e. The molecule has 0 atom stereocenters. The average Bonchev–Trinajstić information content (AvgIpc) is 2.73. The Labute approximate surface area is 104 Å². The number of nitrogens with zero attached hydrogens (tertiary/aromatic N) is 3. The van der Waals surface area contributed by atoms with E-state index in [0.717, 1.165) is 34.7 Å². The summed E-state index contributed by atoms with van der Waals surface area (Å²) in [6, 6.07) is 3.96. The molecule has 2 heterocycles. The van der Waals surface area contributed by atoms with Crippen molar-refractivity contribution in [2.24, 2.45) is 0 Å². The lowest BCUT2D eigenvalue weighted by atomic mass is 10.4. The van der Waals surface area contributed by atoms with Crippen molar-refractivity contribution < 1.29 is 0 Å². The lowest BCUT2D eigenvalue weighted by Crippen LogP contribution is -2.01. The van der Waals surface area contributed by atoms with E-state index in [1.807, 2.05) is 19.1 Å². The summed E-state index contributed by atoms with van der Waals surface area (Å²) in [5, 5.41) is 10.9. The number of H-pyrrole nitrogens is 1. The van der Waals surface area contributed by atoms with E-state index in [-0.39, 0.29) is 0 Å². The first-order valence-corrected chi connectivity index (χ1v) is 6.36. The monoisotopic (exact) mass is 249 g/mol. The second-order valence-corrected chi connectivity index (χ2v) is 4.65. The maximum absolute atomic E-state index is 4.25. The summed E-state index contributed by atoms with van der Waals surface area (Å²) in [4.78, 5) is 9.59. The molecular weight excluding hydrogens is 234 g/mol.